The molecule has 0 N–H and O–H groups in total. The molecule has 0 amide bonds. The van der Waals surface area contributed by atoms with Crippen LogP contribution in [0.3, 0.4) is 0 Å². The van der Waals surface area contributed by atoms with Crippen LogP contribution < -0.4 is 0 Å². The number of rotatable bonds is 4. The Balaban J connectivity index is 2.15. The lowest BCUT2D eigenvalue weighted by molar-refractivity contribution is -0.385. The highest BCUT2D eigenvalue weighted by molar-refractivity contribution is 9.10. The molecular weight excluding hydrogens is 320 g/mol. The van der Waals surface area contributed by atoms with E-state index < -0.39 is 4.92 Å². The maximum Gasteiger partial charge on any atom is 0.276 e. The normalized spacial score (nSPS) is 11.2. The van der Waals surface area contributed by atoms with E-state index in [1.54, 1.807) is 36.6 Å². The van der Waals surface area contributed by atoms with Gasteiger partial charge in [-0.3, -0.25) is 15.1 Å². The lowest BCUT2D eigenvalue weighted by atomic mass is 10.1. The molecule has 0 bridgehead atoms. The first-order chi connectivity index (χ1) is 9.68. The summed E-state index contributed by atoms with van der Waals surface area (Å²) in [5, 5.41) is 10.9. The van der Waals surface area contributed by atoms with Gasteiger partial charge in [-0.2, -0.15) is 0 Å². The summed E-state index contributed by atoms with van der Waals surface area (Å²) in [6, 6.07) is 14.2. The van der Waals surface area contributed by atoms with E-state index in [1.807, 2.05) is 24.3 Å². The molecule has 2 aromatic carbocycles. The van der Waals surface area contributed by atoms with Crippen molar-refractivity contribution in [3.05, 3.63) is 74.8 Å². The second-order valence-corrected chi connectivity index (χ2v) is 4.76. The first-order valence-corrected chi connectivity index (χ1v) is 6.66. The molecule has 4 nitrogen and oxygen atoms in total. The molecule has 0 saturated carbocycles. The van der Waals surface area contributed by atoms with Crippen molar-refractivity contribution in [3.8, 4) is 0 Å². The van der Waals surface area contributed by atoms with Gasteiger partial charge in [-0.15, -0.1) is 0 Å². The van der Waals surface area contributed by atoms with E-state index in [-0.39, 0.29) is 5.69 Å². The SMILES string of the molecule is O=[N+]([O-])c1ccccc1C=CC=Nc1ccccc1Br. The minimum atomic E-state index is -0.398. The summed E-state index contributed by atoms with van der Waals surface area (Å²) in [6.45, 7) is 0. The minimum Gasteiger partial charge on any atom is -0.258 e. The molecular formula is C15H11BrN2O2. The number of hydrogen-bond donors (Lipinski definition) is 0. The van der Waals surface area contributed by atoms with Gasteiger partial charge in [-0.1, -0.05) is 24.3 Å². The Labute approximate surface area is 124 Å². The molecule has 5 heteroatoms. The van der Waals surface area contributed by atoms with Gasteiger partial charge in [0.25, 0.3) is 5.69 Å². The average molecular weight is 331 g/mol. The van der Waals surface area contributed by atoms with Crippen LogP contribution in [0.15, 0.2) is 64.1 Å². The maximum atomic E-state index is 10.9. The van der Waals surface area contributed by atoms with Gasteiger partial charge in [0.1, 0.15) is 0 Å². The van der Waals surface area contributed by atoms with Gasteiger partial charge < -0.3 is 0 Å². The lowest BCUT2D eigenvalue weighted by Crippen LogP contribution is -1.90. The van der Waals surface area contributed by atoms with Gasteiger partial charge in [0, 0.05) is 16.8 Å². The number of nitrogens with zero attached hydrogens (tertiary/aromatic N) is 2. The summed E-state index contributed by atoms with van der Waals surface area (Å²) in [4.78, 5) is 14.7. The lowest BCUT2D eigenvalue weighted by Gasteiger charge is -1.96. The van der Waals surface area contributed by atoms with Crippen molar-refractivity contribution in [1.29, 1.82) is 0 Å². The van der Waals surface area contributed by atoms with E-state index in [0.717, 1.165) is 10.2 Å². The topological polar surface area (TPSA) is 55.5 Å². The van der Waals surface area contributed by atoms with Crippen LogP contribution in [0.25, 0.3) is 6.08 Å². The predicted molar refractivity (Wildman–Crippen MR) is 84.4 cm³/mol. The monoisotopic (exact) mass is 330 g/mol. The zero-order valence-electron chi connectivity index (χ0n) is 10.4. The van der Waals surface area contributed by atoms with Crippen molar-refractivity contribution in [2.24, 2.45) is 4.99 Å². The Morgan fingerprint density at radius 1 is 1.10 bits per heavy atom. The van der Waals surface area contributed by atoms with Crippen molar-refractivity contribution in [1.82, 2.24) is 0 Å². The summed E-state index contributed by atoms with van der Waals surface area (Å²) < 4.78 is 0.898. The number of aliphatic imine (C=N–C) groups is 1. The highest BCUT2D eigenvalue weighted by Gasteiger charge is 2.08. The highest BCUT2D eigenvalue weighted by Crippen LogP contribution is 2.24. The number of halogens is 1. The van der Waals surface area contributed by atoms with Crippen molar-refractivity contribution in [2.45, 2.75) is 0 Å². The Kier molecular flexibility index (Phi) is 4.79. The molecule has 0 unspecified atom stereocenters. The predicted octanol–water partition coefficient (Wildman–Crippen LogP) is 4.77. The van der Waals surface area contributed by atoms with E-state index in [1.165, 1.54) is 6.07 Å². The zero-order valence-corrected chi connectivity index (χ0v) is 12.0. The van der Waals surface area contributed by atoms with Gasteiger partial charge in [0.15, 0.2) is 0 Å². The third-order valence-electron chi connectivity index (χ3n) is 2.56. The van der Waals surface area contributed by atoms with E-state index in [0.29, 0.717) is 5.56 Å². The maximum absolute atomic E-state index is 10.9. The van der Waals surface area contributed by atoms with Crippen LogP contribution in [0.4, 0.5) is 11.4 Å². The van der Waals surface area contributed by atoms with Crippen LogP contribution in [0.2, 0.25) is 0 Å². The highest BCUT2D eigenvalue weighted by atomic mass is 79.9. The number of benzene rings is 2. The molecule has 0 fully saturated rings. The summed E-state index contributed by atoms with van der Waals surface area (Å²) in [7, 11) is 0. The molecule has 0 aromatic heterocycles. The Hall–Kier alpha value is -2.27. The first-order valence-electron chi connectivity index (χ1n) is 5.87. The fraction of sp³-hybridized carbons (Fsp3) is 0. The Morgan fingerprint density at radius 2 is 1.80 bits per heavy atom. The van der Waals surface area contributed by atoms with Crippen LogP contribution in [0.5, 0.6) is 0 Å². The molecule has 0 heterocycles. The molecule has 0 atom stereocenters. The smallest absolute Gasteiger partial charge is 0.258 e. The molecule has 0 saturated heterocycles. The van der Waals surface area contributed by atoms with Gasteiger partial charge in [0.2, 0.25) is 0 Å². The largest absolute Gasteiger partial charge is 0.276 e. The molecule has 0 aliphatic heterocycles. The molecule has 0 aliphatic rings. The van der Waals surface area contributed by atoms with Crippen molar-refractivity contribution in [3.63, 3.8) is 0 Å². The van der Waals surface area contributed by atoms with Gasteiger partial charge >= 0.3 is 0 Å². The molecule has 20 heavy (non-hydrogen) atoms. The quantitative estimate of drug-likeness (QED) is 0.460. The number of para-hydroxylation sites is 2. The van der Waals surface area contributed by atoms with Crippen LogP contribution in [0.1, 0.15) is 5.56 Å². The Bertz CT molecular complexity index is 681. The third kappa shape index (κ3) is 3.61. The molecule has 2 rings (SSSR count). The number of nitro benzene ring substituents is 1. The fourth-order valence-corrected chi connectivity index (χ4v) is 2.01. The molecule has 2 aromatic rings. The minimum absolute atomic E-state index is 0.0815. The van der Waals surface area contributed by atoms with Crippen LogP contribution in [-0.2, 0) is 0 Å². The van der Waals surface area contributed by atoms with Crippen molar-refractivity contribution < 1.29 is 4.92 Å². The standard InChI is InChI=1S/C15H11BrN2O2/c16-13-8-2-3-9-14(13)17-11-5-7-12-6-1-4-10-15(12)18(19)20/h1-11H. The molecule has 0 aliphatic carbocycles. The second kappa shape index (κ2) is 6.77. The fourth-order valence-electron chi connectivity index (χ4n) is 1.62. The van der Waals surface area contributed by atoms with Crippen LogP contribution >= 0.6 is 15.9 Å². The van der Waals surface area contributed by atoms with Gasteiger partial charge in [0.05, 0.1) is 16.2 Å². The Morgan fingerprint density at radius 3 is 2.55 bits per heavy atom. The van der Waals surface area contributed by atoms with Crippen LogP contribution in [-0.4, -0.2) is 11.1 Å². The van der Waals surface area contributed by atoms with E-state index in [2.05, 4.69) is 20.9 Å². The van der Waals surface area contributed by atoms with E-state index in [4.69, 9.17) is 0 Å². The molecule has 0 radical (unpaired) electrons. The number of nitro groups is 1. The number of hydrogen-bond acceptors (Lipinski definition) is 3. The third-order valence-corrected chi connectivity index (χ3v) is 3.23. The van der Waals surface area contributed by atoms with Gasteiger partial charge in [-0.25, -0.2) is 0 Å². The summed E-state index contributed by atoms with van der Waals surface area (Å²) >= 11 is 3.40. The summed E-state index contributed by atoms with van der Waals surface area (Å²) in [5.41, 5.74) is 1.44. The van der Waals surface area contributed by atoms with Crippen molar-refractivity contribution in [2.75, 3.05) is 0 Å². The van der Waals surface area contributed by atoms with Gasteiger partial charge in [-0.05, 0) is 46.3 Å². The molecule has 100 valence electrons. The zero-order chi connectivity index (χ0) is 14.4. The average Bonchev–Trinajstić information content (AvgIpc) is 2.45. The van der Waals surface area contributed by atoms with Crippen LogP contribution in [0, 0.1) is 10.1 Å². The van der Waals surface area contributed by atoms with E-state index in [9.17, 15) is 10.1 Å². The van der Waals surface area contributed by atoms with Crippen molar-refractivity contribution >= 4 is 39.6 Å². The number of allylic oxidation sites excluding steroid dienone is 1. The van der Waals surface area contributed by atoms with E-state index >= 15 is 0 Å². The first kappa shape index (κ1) is 14.1. The summed E-state index contributed by atoms with van der Waals surface area (Å²) in [5.74, 6) is 0. The molecule has 0 spiro atoms. The summed E-state index contributed by atoms with van der Waals surface area (Å²) in [6.07, 6.45) is 4.96. The second-order valence-electron chi connectivity index (χ2n) is 3.90.